The lowest BCUT2D eigenvalue weighted by Crippen LogP contribution is -2.40. The Kier molecular flexibility index (Phi) is 11.2. The summed E-state index contributed by atoms with van der Waals surface area (Å²) in [5, 5.41) is 50.1. The van der Waals surface area contributed by atoms with Crippen LogP contribution in [0.15, 0.2) is 0 Å². The fourth-order valence-corrected chi connectivity index (χ4v) is 0.416. The third-order valence-electron chi connectivity index (χ3n) is 1.33. The summed E-state index contributed by atoms with van der Waals surface area (Å²) < 4.78 is 0. The highest BCUT2D eigenvalue weighted by atomic mass is 16.4. The molecule has 0 aliphatic heterocycles. The standard InChI is InChI=1S/C5H10O5.C3H8O2/c6-1-3(8)5(10)4(9)2-7;1-3(5)2-4/h1,3-5,7-10H,2H2;3-5H,2H2,1H3. The molecule has 0 aromatic carbocycles. The highest BCUT2D eigenvalue weighted by Gasteiger charge is 2.22. The Bertz CT molecular complexity index is 150. The second-order valence-corrected chi connectivity index (χ2v) is 2.90. The van der Waals surface area contributed by atoms with Crippen molar-refractivity contribution in [1.82, 2.24) is 0 Å². The molecule has 7 nitrogen and oxygen atoms in total. The monoisotopic (exact) mass is 226 g/mol. The molecule has 0 saturated carbocycles. The van der Waals surface area contributed by atoms with Crippen LogP contribution >= 0.6 is 0 Å². The first-order valence-electron chi connectivity index (χ1n) is 4.29. The second-order valence-electron chi connectivity index (χ2n) is 2.90. The zero-order valence-electron chi connectivity index (χ0n) is 8.39. The summed E-state index contributed by atoms with van der Waals surface area (Å²) in [7, 11) is 0. The zero-order valence-corrected chi connectivity index (χ0v) is 8.39. The van der Waals surface area contributed by atoms with Crippen LogP contribution in [-0.4, -0.2) is 74.6 Å². The maximum absolute atomic E-state index is 9.76. The highest BCUT2D eigenvalue weighted by Crippen LogP contribution is 1.96. The lowest BCUT2D eigenvalue weighted by molar-refractivity contribution is -0.127. The molecule has 92 valence electrons. The van der Waals surface area contributed by atoms with Crippen LogP contribution in [0.2, 0.25) is 0 Å². The molecule has 0 aromatic heterocycles. The number of aliphatic hydroxyl groups is 6. The Morgan fingerprint density at radius 1 is 1.07 bits per heavy atom. The maximum atomic E-state index is 9.76. The first-order valence-corrected chi connectivity index (χ1v) is 4.29. The molecule has 0 radical (unpaired) electrons. The van der Waals surface area contributed by atoms with E-state index in [4.69, 9.17) is 30.6 Å². The Morgan fingerprint density at radius 3 is 1.67 bits per heavy atom. The van der Waals surface area contributed by atoms with E-state index in [-0.39, 0.29) is 12.9 Å². The zero-order chi connectivity index (χ0) is 12.4. The quantitative estimate of drug-likeness (QED) is 0.269. The molecule has 6 N–H and O–H groups in total. The van der Waals surface area contributed by atoms with Crippen LogP contribution in [0.25, 0.3) is 0 Å². The van der Waals surface area contributed by atoms with E-state index in [1.54, 1.807) is 0 Å². The maximum Gasteiger partial charge on any atom is 0.151 e. The van der Waals surface area contributed by atoms with Gasteiger partial charge in [0, 0.05) is 0 Å². The second kappa shape index (κ2) is 9.97. The van der Waals surface area contributed by atoms with Crippen LogP contribution < -0.4 is 0 Å². The topological polar surface area (TPSA) is 138 Å². The van der Waals surface area contributed by atoms with E-state index in [1.165, 1.54) is 6.92 Å². The Hall–Kier alpha value is -0.570. The van der Waals surface area contributed by atoms with Crippen molar-refractivity contribution < 1.29 is 35.4 Å². The number of aliphatic hydroxyl groups excluding tert-OH is 6. The van der Waals surface area contributed by atoms with E-state index < -0.39 is 31.0 Å². The summed E-state index contributed by atoms with van der Waals surface area (Å²) in [6, 6.07) is 0. The van der Waals surface area contributed by atoms with Crippen LogP contribution in [0.4, 0.5) is 0 Å². The molecule has 0 bridgehead atoms. The van der Waals surface area contributed by atoms with E-state index in [0.717, 1.165) is 0 Å². The van der Waals surface area contributed by atoms with Crippen molar-refractivity contribution in [3.8, 4) is 0 Å². The van der Waals surface area contributed by atoms with Gasteiger partial charge in [0.1, 0.15) is 18.3 Å². The molecule has 0 heterocycles. The minimum Gasteiger partial charge on any atom is -0.394 e. The van der Waals surface area contributed by atoms with Gasteiger partial charge in [-0.3, -0.25) is 0 Å². The minimum absolute atomic E-state index is 0.0869. The molecule has 0 aliphatic carbocycles. The van der Waals surface area contributed by atoms with Crippen LogP contribution in [0.3, 0.4) is 0 Å². The summed E-state index contributed by atoms with van der Waals surface area (Å²) in [6.07, 6.45) is -5.19. The lowest BCUT2D eigenvalue weighted by Gasteiger charge is -2.16. The third kappa shape index (κ3) is 9.73. The minimum atomic E-state index is -1.64. The molecule has 7 heteroatoms. The summed E-state index contributed by atoms with van der Waals surface area (Å²) in [5.74, 6) is 0. The molecule has 0 aromatic rings. The number of hydrogen-bond donors (Lipinski definition) is 6. The third-order valence-corrected chi connectivity index (χ3v) is 1.33. The normalized spacial score (nSPS) is 18.1. The lowest BCUT2D eigenvalue weighted by atomic mass is 10.1. The van der Waals surface area contributed by atoms with E-state index in [1.807, 2.05) is 0 Å². The molecule has 4 atom stereocenters. The van der Waals surface area contributed by atoms with Gasteiger partial charge in [0.05, 0.1) is 19.3 Å². The van der Waals surface area contributed by atoms with Crippen LogP contribution in [0, 0.1) is 0 Å². The van der Waals surface area contributed by atoms with Gasteiger partial charge >= 0.3 is 0 Å². The Balaban J connectivity index is 0. The molecule has 15 heavy (non-hydrogen) atoms. The SMILES string of the molecule is CC(O)CO.O=CC(O)C(O)C(O)CO. The molecular formula is C8H18O7. The fourth-order valence-electron chi connectivity index (χ4n) is 0.416. The predicted molar refractivity (Wildman–Crippen MR) is 49.9 cm³/mol. The van der Waals surface area contributed by atoms with Gasteiger partial charge in [0.2, 0.25) is 0 Å². The molecule has 0 amide bonds. The average molecular weight is 226 g/mol. The van der Waals surface area contributed by atoms with Crippen LogP contribution in [-0.2, 0) is 4.79 Å². The van der Waals surface area contributed by atoms with Crippen LogP contribution in [0.5, 0.6) is 0 Å². The summed E-state index contributed by atoms with van der Waals surface area (Å²) in [5.41, 5.74) is 0. The molecule has 0 spiro atoms. The van der Waals surface area contributed by atoms with Gasteiger partial charge in [-0.2, -0.15) is 0 Å². The predicted octanol–water partition coefficient (Wildman–Crippen LogP) is -3.38. The van der Waals surface area contributed by atoms with Crippen LogP contribution in [0.1, 0.15) is 6.92 Å². The number of rotatable bonds is 5. The average Bonchev–Trinajstić information content (AvgIpc) is 2.26. The fraction of sp³-hybridized carbons (Fsp3) is 0.875. The summed E-state index contributed by atoms with van der Waals surface area (Å²) >= 11 is 0. The van der Waals surface area contributed by atoms with Crippen molar-refractivity contribution in [3.05, 3.63) is 0 Å². The van der Waals surface area contributed by atoms with Crippen molar-refractivity contribution in [2.45, 2.75) is 31.3 Å². The van der Waals surface area contributed by atoms with Crippen molar-refractivity contribution in [1.29, 1.82) is 0 Å². The van der Waals surface area contributed by atoms with E-state index in [0.29, 0.717) is 0 Å². The number of carbonyl (C=O) groups excluding carboxylic acids is 1. The van der Waals surface area contributed by atoms with Gasteiger partial charge in [-0.15, -0.1) is 0 Å². The molecule has 4 unspecified atom stereocenters. The van der Waals surface area contributed by atoms with E-state index >= 15 is 0 Å². The number of hydrogen-bond acceptors (Lipinski definition) is 7. The Morgan fingerprint density at radius 2 is 1.47 bits per heavy atom. The van der Waals surface area contributed by atoms with Gasteiger partial charge in [0.25, 0.3) is 0 Å². The van der Waals surface area contributed by atoms with E-state index in [9.17, 15) is 4.79 Å². The van der Waals surface area contributed by atoms with Crippen molar-refractivity contribution in [2.75, 3.05) is 13.2 Å². The number of aldehydes is 1. The van der Waals surface area contributed by atoms with Gasteiger partial charge < -0.3 is 35.4 Å². The smallest absolute Gasteiger partial charge is 0.151 e. The first-order chi connectivity index (χ1) is 6.90. The van der Waals surface area contributed by atoms with E-state index in [2.05, 4.69) is 0 Å². The number of carbonyl (C=O) groups is 1. The van der Waals surface area contributed by atoms with Gasteiger partial charge in [-0.25, -0.2) is 0 Å². The summed E-state index contributed by atoms with van der Waals surface area (Å²) in [6.45, 7) is 0.700. The molecule has 0 aliphatic rings. The van der Waals surface area contributed by atoms with Crippen molar-refractivity contribution in [3.63, 3.8) is 0 Å². The summed E-state index contributed by atoms with van der Waals surface area (Å²) in [4.78, 5) is 9.76. The van der Waals surface area contributed by atoms with Crippen molar-refractivity contribution >= 4 is 6.29 Å². The molecule has 0 saturated heterocycles. The molecule has 0 fully saturated rings. The van der Waals surface area contributed by atoms with Crippen molar-refractivity contribution in [2.24, 2.45) is 0 Å². The largest absolute Gasteiger partial charge is 0.394 e. The highest BCUT2D eigenvalue weighted by molar-refractivity contribution is 5.56. The molecule has 0 rings (SSSR count). The van der Waals surface area contributed by atoms with Gasteiger partial charge in [-0.1, -0.05) is 0 Å². The molecular weight excluding hydrogens is 208 g/mol. The van der Waals surface area contributed by atoms with Gasteiger partial charge in [0.15, 0.2) is 6.29 Å². The Labute approximate surface area is 87.2 Å². The first kappa shape index (κ1) is 16.8. The van der Waals surface area contributed by atoms with Gasteiger partial charge in [-0.05, 0) is 6.92 Å².